The third-order valence-corrected chi connectivity index (χ3v) is 6.02. The average molecular weight is 367 g/mol. The molecule has 2 rings (SSSR count). The zero-order valence-electron chi connectivity index (χ0n) is 10.5. The zero-order valence-corrected chi connectivity index (χ0v) is 13.6. The van der Waals surface area contributed by atoms with Crippen molar-refractivity contribution in [3.8, 4) is 0 Å². The molecule has 3 nitrogen and oxygen atoms in total. The summed E-state index contributed by atoms with van der Waals surface area (Å²) in [6.45, 7) is 0.423. The molecule has 0 aliphatic heterocycles. The van der Waals surface area contributed by atoms with E-state index in [0.29, 0.717) is 6.54 Å². The molecule has 1 saturated carbocycles. The Morgan fingerprint density at radius 1 is 1.21 bits per heavy atom. The number of halogens is 2. The summed E-state index contributed by atoms with van der Waals surface area (Å²) >= 11 is 9.53. The largest absolute Gasteiger partial charge is 0.240 e. The number of benzene rings is 1. The molecule has 106 valence electrons. The van der Waals surface area contributed by atoms with Crippen molar-refractivity contribution < 1.29 is 8.42 Å². The Morgan fingerprint density at radius 3 is 2.47 bits per heavy atom. The normalized spacial score (nSPS) is 24.3. The molecule has 0 aromatic heterocycles. The fourth-order valence-corrected chi connectivity index (χ4v) is 4.03. The molecule has 0 bridgehead atoms. The van der Waals surface area contributed by atoms with Gasteiger partial charge in [0.2, 0.25) is 10.0 Å². The topological polar surface area (TPSA) is 46.2 Å². The highest BCUT2D eigenvalue weighted by Gasteiger charge is 2.25. The second-order valence-corrected chi connectivity index (χ2v) is 8.11. The number of alkyl halides is 1. The number of hydrogen-bond donors (Lipinski definition) is 1. The quantitative estimate of drug-likeness (QED) is 0.829. The van der Waals surface area contributed by atoms with E-state index < -0.39 is 10.0 Å². The molecule has 0 saturated heterocycles. The molecule has 1 aliphatic rings. The van der Waals surface area contributed by atoms with Gasteiger partial charge in [-0.25, -0.2) is 13.1 Å². The third-order valence-electron chi connectivity index (χ3n) is 3.48. The van der Waals surface area contributed by atoms with Gasteiger partial charge in [0, 0.05) is 16.4 Å². The lowest BCUT2D eigenvalue weighted by Crippen LogP contribution is -2.34. The van der Waals surface area contributed by atoms with Gasteiger partial charge in [0.25, 0.3) is 0 Å². The lowest BCUT2D eigenvalue weighted by atomic mass is 9.89. The van der Waals surface area contributed by atoms with Gasteiger partial charge in [-0.05, 0) is 43.0 Å². The Morgan fingerprint density at radius 2 is 1.84 bits per heavy atom. The fourth-order valence-electron chi connectivity index (χ4n) is 2.31. The molecule has 1 aromatic carbocycles. The van der Waals surface area contributed by atoms with Crippen LogP contribution in [0.2, 0.25) is 0 Å². The van der Waals surface area contributed by atoms with Gasteiger partial charge >= 0.3 is 0 Å². The molecule has 1 aromatic rings. The van der Waals surface area contributed by atoms with Crippen LogP contribution in [-0.2, 0) is 10.0 Å². The number of hydrogen-bond acceptors (Lipinski definition) is 2. The van der Waals surface area contributed by atoms with E-state index in [2.05, 4.69) is 20.7 Å². The minimum atomic E-state index is -3.43. The Hall–Kier alpha value is -0.100. The molecular formula is C13H17BrClNO2S. The Bertz CT molecular complexity index is 518. The maximum Gasteiger partial charge on any atom is 0.240 e. The van der Waals surface area contributed by atoms with Crippen molar-refractivity contribution in [2.75, 3.05) is 6.54 Å². The lowest BCUT2D eigenvalue weighted by Gasteiger charge is -2.27. The van der Waals surface area contributed by atoms with Crippen molar-refractivity contribution in [3.63, 3.8) is 0 Å². The van der Waals surface area contributed by atoms with Crippen LogP contribution in [0, 0.1) is 5.92 Å². The van der Waals surface area contributed by atoms with Crippen LogP contribution >= 0.6 is 27.5 Å². The van der Waals surface area contributed by atoms with Gasteiger partial charge in [0.15, 0.2) is 0 Å². The molecule has 2 atom stereocenters. The molecule has 0 amide bonds. The van der Waals surface area contributed by atoms with Crippen molar-refractivity contribution in [2.45, 2.75) is 36.0 Å². The van der Waals surface area contributed by atoms with Crippen molar-refractivity contribution >= 4 is 37.6 Å². The Balaban J connectivity index is 1.99. The van der Waals surface area contributed by atoms with E-state index in [0.717, 1.165) is 30.2 Å². The summed E-state index contributed by atoms with van der Waals surface area (Å²) in [6.07, 6.45) is 4.25. The maximum absolute atomic E-state index is 12.1. The summed E-state index contributed by atoms with van der Waals surface area (Å²) < 4.78 is 27.8. The molecule has 6 heteroatoms. The van der Waals surface area contributed by atoms with Gasteiger partial charge in [-0.15, -0.1) is 11.6 Å². The van der Waals surface area contributed by atoms with E-state index in [1.807, 2.05) is 0 Å². The highest BCUT2D eigenvalue weighted by Crippen LogP contribution is 2.28. The average Bonchev–Trinajstić information content (AvgIpc) is 2.38. The summed E-state index contributed by atoms with van der Waals surface area (Å²) in [5, 5.41) is 0.0846. The molecule has 0 spiro atoms. The summed E-state index contributed by atoms with van der Waals surface area (Å²) in [4.78, 5) is 0.289. The minimum Gasteiger partial charge on any atom is -0.211 e. The second-order valence-electron chi connectivity index (χ2n) is 4.87. The molecular weight excluding hydrogens is 350 g/mol. The first-order valence-corrected chi connectivity index (χ1v) is 9.09. The van der Waals surface area contributed by atoms with E-state index >= 15 is 0 Å². The van der Waals surface area contributed by atoms with Crippen LogP contribution in [0.1, 0.15) is 25.7 Å². The highest BCUT2D eigenvalue weighted by molar-refractivity contribution is 9.10. The molecule has 1 fully saturated rings. The van der Waals surface area contributed by atoms with Gasteiger partial charge < -0.3 is 0 Å². The monoisotopic (exact) mass is 365 g/mol. The smallest absolute Gasteiger partial charge is 0.211 e. The second kappa shape index (κ2) is 6.57. The van der Waals surface area contributed by atoms with Crippen LogP contribution in [0.4, 0.5) is 0 Å². The summed E-state index contributed by atoms with van der Waals surface area (Å²) in [7, 11) is -3.43. The predicted molar refractivity (Wildman–Crippen MR) is 80.9 cm³/mol. The summed E-state index contributed by atoms with van der Waals surface area (Å²) in [5.74, 6) is 0.237. The van der Waals surface area contributed by atoms with Gasteiger partial charge in [0.05, 0.1) is 4.90 Å². The van der Waals surface area contributed by atoms with E-state index in [1.54, 1.807) is 24.3 Å². The molecule has 0 heterocycles. The molecule has 19 heavy (non-hydrogen) atoms. The predicted octanol–water partition coefficient (Wildman–Crippen LogP) is 3.53. The summed E-state index contributed by atoms with van der Waals surface area (Å²) in [6, 6.07) is 6.62. The van der Waals surface area contributed by atoms with Crippen LogP contribution in [-0.4, -0.2) is 20.3 Å². The summed E-state index contributed by atoms with van der Waals surface area (Å²) in [5.41, 5.74) is 0. The third kappa shape index (κ3) is 4.18. The fraction of sp³-hybridized carbons (Fsp3) is 0.538. The molecule has 2 unspecified atom stereocenters. The van der Waals surface area contributed by atoms with Crippen molar-refractivity contribution in [2.24, 2.45) is 5.92 Å². The van der Waals surface area contributed by atoms with E-state index in [1.165, 1.54) is 0 Å². The first-order valence-electron chi connectivity index (χ1n) is 6.38. The number of rotatable bonds is 4. The molecule has 1 aliphatic carbocycles. The van der Waals surface area contributed by atoms with E-state index in [-0.39, 0.29) is 16.2 Å². The van der Waals surface area contributed by atoms with Gasteiger partial charge in [-0.1, -0.05) is 28.8 Å². The van der Waals surface area contributed by atoms with Crippen LogP contribution in [0.15, 0.2) is 33.6 Å². The van der Waals surface area contributed by atoms with E-state index in [4.69, 9.17) is 11.6 Å². The van der Waals surface area contributed by atoms with Gasteiger partial charge in [-0.2, -0.15) is 0 Å². The van der Waals surface area contributed by atoms with Crippen molar-refractivity contribution in [1.29, 1.82) is 0 Å². The van der Waals surface area contributed by atoms with Gasteiger partial charge in [-0.3, -0.25) is 0 Å². The maximum atomic E-state index is 12.1. The van der Waals surface area contributed by atoms with Crippen LogP contribution in [0.3, 0.4) is 0 Å². The van der Waals surface area contributed by atoms with Crippen molar-refractivity contribution in [1.82, 2.24) is 4.72 Å². The Labute approximate surface area is 127 Å². The molecule has 0 radical (unpaired) electrons. The zero-order chi connectivity index (χ0) is 13.9. The van der Waals surface area contributed by atoms with Crippen LogP contribution < -0.4 is 4.72 Å². The van der Waals surface area contributed by atoms with Crippen LogP contribution in [0.25, 0.3) is 0 Å². The molecule has 1 N–H and O–H groups in total. The standard InChI is InChI=1S/C13H17BrClNO2S/c14-11-5-7-12(8-6-11)19(17,18)16-9-10-3-1-2-4-13(10)15/h5-8,10,13,16H,1-4,9H2. The van der Waals surface area contributed by atoms with E-state index in [9.17, 15) is 8.42 Å². The van der Waals surface area contributed by atoms with Crippen LogP contribution in [0.5, 0.6) is 0 Å². The SMILES string of the molecule is O=S(=O)(NCC1CCCCC1Cl)c1ccc(Br)cc1. The number of sulfonamides is 1. The Kier molecular flexibility index (Phi) is 5.29. The highest BCUT2D eigenvalue weighted by atomic mass is 79.9. The first kappa shape index (κ1) is 15.3. The number of nitrogens with one attached hydrogen (secondary N) is 1. The lowest BCUT2D eigenvalue weighted by molar-refractivity contribution is 0.364. The first-order chi connectivity index (χ1) is 8.99. The minimum absolute atomic E-state index is 0.0846. The van der Waals surface area contributed by atoms with Gasteiger partial charge in [0.1, 0.15) is 0 Å². The van der Waals surface area contributed by atoms with Crippen molar-refractivity contribution in [3.05, 3.63) is 28.7 Å².